The molecule has 1 saturated heterocycles. The van der Waals surface area contributed by atoms with Gasteiger partial charge in [0.15, 0.2) is 0 Å². The van der Waals surface area contributed by atoms with E-state index in [2.05, 4.69) is 30.6 Å². The third-order valence-corrected chi connectivity index (χ3v) is 5.31. The lowest BCUT2D eigenvalue weighted by Crippen LogP contribution is -2.39. The molecule has 2 N–H and O–H groups in total. The quantitative estimate of drug-likeness (QED) is 0.645. The minimum Gasteiger partial charge on any atom is -0.373 e. The number of rotatable bonds is 5. The van der Waals surface area contributed by atoms with Gasteiger partial charge in [0.25, 0.3) is 5.91 Å². The molecule has 0 spiro atoms. The van der Waals surface area contributed by atoms with E-state index in [-0.39, 0.29) is 11.8 Å². The zero-order chi connectivity index (χ0) is 20.9. The van der Waals surface area contributed by atoms with Crippen LogP contribution in [-0.2, 0) is 0 Å². The fourth-order valence-electron chi connectivity index (χ4n) is 3.52. The van der Waals surface area contributed by atoms with Crippen molar-refractivity contribution in [1.82, 2.24) is 24.8 Å². The Labute approximate surface area is 179 Å². The van der Waals surface area contributed by atoms with Gasteiger partial charge < -0.3 is 15.5 Å². The van der Waals surface area contributed by atoms with Gasteiger partial charge in [0.1, 0.15) is 18.0 Å². The Hall–Kier alpha value is -3.26. The molecule has 1 aliphatic heterocycles. The normalized spacial score (nSPS) is 16.2. The molecule has 2 aromatic heterocycles. The van der Waals surface area contributed by atoms with Crippen LogP contribution >= 0.6 is 11.6 Å². The molecule has 3 heterocycles. The van der Waals surface area contributed by atoms with Crippen molar-refractivity contribution in [1.29, 1.82) is 0 Å². The lowest BCUT2D eigenvalue weighted by atomic mass is 9.94. The fraction of sp³-hybridized carbons (Fsp3) is 0.286. The molecule has 3 aromatic rings. The lowest BCUT2D eigenvalue weighted by Gasteiger charge is -2.32. The first-order valence-electron chi connectivity index (χ1n) is 9.77. The van der Waals surface area contributed by atoms with Gasteiger partial charge in [-0.15, -0.1) is 0 Å². The number of nitrogens with one attached hydrogen (secondary N) is 2. The summed E-state index contributed by atoms with van der Waals surface area (Å²) in [5.41, 5.74) is 1.55. The highest BCUT2D eigenvalue weighted by atomic mass is 35.5. The van der Waals surface area contributed by atoms with Gasteiger partial charge in [0.05, 0.1) is 5.69 Å². The monoisotopic (exact) mass is 423 g/mol. The van der Waals surface area contributed by atoms with Crippen LogP contribution in [0, 0.1) is 0 Å². The van der Waals surface area contributed by atoms with Crippen molar-refractivity contribution in [2.45, 2.75) is 18.8 Å². The van der Waals surface area contributed by atoms with Gasteiger partial charge in [-0.25, -0.2) is 19.9 Å². The van der Waals surface area contributed by atoms with Crippen molar-refractivity contribution in [3.05, 3.63) is 65.2 Å². The van der Waals surface area contributed by atoms with E-state index in [0.29, 0.717) is 34.7 Å². The van der Waals surface area contributed by atoms with Gasteiger partial charge in [-0.1, -0.05) is 11.6 Å². The summed E-state index contributed by atoms with van der Waals surface area (Å²) in [6.07, 6.45) is 5.09. The topological polar surface area (TPSA) is 95.9 Å². The standard InChI is InChI=1S/C21H22ClN7O/c1-23-18-11-19(26-13-25-18)28-21-24-9-8-17(27-21)15-3-2-10-29(12-15)20(30)14-4-6-16(22)7-5-14/h4-9,11,13,15H,2-3,10,12H2,1H3,(H2,23,24,25,26,27,28)/t15-/m0/s1. The van der Waals surface area contributed by atoms with Crippen molar-refractivity contribution >= 4 is 35.1 Å². The number of halogens is 1. The maximum absolute atomic E-state index is 12.9. The Bertz CT molecular complexity index is 1030. The van der Waals surface area contributed by atoms with Crippen LogP contribution in [0.25, 0.3) is 0 Å². The number of carbonyl (C=O) groups excluding carboxylic acids is 1. The molecule has 30 heavy (non-hydrogen) atoms. The molecule has 1 aromatic carbocycles. The van der Waals surface area contributed by atoms with Crippen molar-refractivity contribution < 1.29 is 4.79 Å². The number of aromatic nitrogens is 4. The Morgan fingerprint density at radius 3 is 2.73 bits per heavy atom. The molecule has 1 aliphatic rings. The second-order valence-corrected chi connectivity index (χ2v) is 7.50. The van der Waals surface area contributed by atoms with Gasteiger partial charge in [-0.2, -0.15) is 0 Å². The van der Waals surface area contributed by atoms with Crippen molar-refractivity contribution in [3.8, 4) is 0 Å². The average Bonchev–Trinajstić information content (AvgIpc) is 2.79. The largest absolute Gasteiger partial charge is 0.373 e. The summed E-state index contributed by atoms with van der Waals surface area (Å²) in [5, 5.41) is 6.71. The minimum atomic E-state index is 0.0179. The molecule has 1 atom stereocenters. The van der Waals surface area contributed by atoms with Crippen LogP contribution in [0.4, 0.5) is 17.6 Å². The number of benzene rings is 1. The molecule has 0 unspecified atom stereocenters. The van der Waals surface area contributed by atoms with Gasteiger partial charge in [-0.3, -0.25) is 4.79 Å². The summed E-state index contributed by atoms with van der Waals surface area (Å²) >= 11 is 5.94. The number of likely N-dealkylation sites (tertiary alicyclic amines) is 1. The van der Waals surface area contributed by atoms with E-state index in [1.54, 1.807) is 43.6 Å². The third kappa shape index (κ3) is 4.65. The number of carbonyl (C=O) groups is 1. The highest BCUT2D eigenvalue weighted by molar-refractivity contribution is 6.30. The van der Waals surface area contributed by atoms with Crippen LogP contribution in [0.1, 0.15) is 34.8 Å². The van der Waals surface area contributed by atoms with E-state index in [0.717, 1.165) is 25.1 Å². The van der Waals surface area contributed by atoms with Crippen molar-refractivity contribution in [3.63, 3.8) is 0 Å². The lowest BCUT2D eigenvalue weighted by molar-refractivity contribution is 0.0706. The summed E-state index contributed by atoms with van der Waals surface area (Å²) in [6.45, 7) is 1.36. The summed E-state index contributed by atoms with van der Waals surface area (Å²) in [7, 11) is 1.80. The molecule has 1 fully saturated rings. The molecule has 9 heteroatoms. The van der Waals surface area contributed by atoms with Crippen LogP contribution in [-0.4, -0.2) is 50.9 Å². The molecule has 8 nitrogen and oxygen atoms in total. The number of amides is 1. The van der Waals surface area contributed by atoms with E-state index >= 15 is 0 Å². The van der Waals surface area contributed by atoms with Crippen molar-refractivity contribution in [2.24, 2.45) is 0 Å². The van der Waals surface area contributed by atoms with E-state index < -0.39 is 0 Å². The third-order valence-electron chi connectivity index (χ3n) is 5.06. The summed E-state index contributed by atoms with van der Waals surface area (Å²) < 4.78 is 0. The molecule has 4 rings (SSSR count). The molecular formula is C21H22ClN7O. The Kier molecular flexibility index (Phi) is 6.04. The van der Waals surface area contributed by atoms with Gasteiger partial charge in [0.2, 0.25) is 5.95 Å². The number of piperidine rings is 1. The highest BCUT2D eigenvalue weighted by Gasteiger charge is 2.26. The summed E-state index contributed by atoms with van der Waals surface area (Å²) in [5.74, 6) is 1.94. The summed E-state index contributed by atoms with van der Waals surface area (Å²) in [6, 6.07) is 10.7. The van der Waals surface area contributed by atoms with Crippen LogP contribution in [0.2, 0.25) is 5.02 Å². The molecule has 154 valence electrons. The summed E-state index contributed by atoms with van der Waals surface area (Å²) in [4.78, 5) is 32.0. The van der Waals surface area contributed by atoms with Crippen LogP contribution in [0.15, 0.2) is 48.9 Å². The predicted octanol–water partition coefficient (Wildman–Crippen LogP) is 3.73. The molecule has 0 radical (unpaired) electrons. The highest BCUT2D eigenvalue weighted by Crippen LogP contribution is 2.27. The van der Waals surface area contributed by atoms with E-state index in [1.165, 1.54) is 6.33 Å². The number of hydrogen-bond acceptors (Lipinski definition) is 7. The zero-order valence-corrected chi connectivity index (χ0v) is 17.3. The second-order valence-electron chi connectivity index (χ2n) is 7.07. The van der Waals surface area contributed by atoms with E-state index in [4.69, 9.17) is 11.6 Å². The maximum Gasteiger partial charge on any atom is 0.253 e. The zero-order valence-electron chi connectivity index (χ0n) is 16.5. The van der Waals surface area contributed by atoms with Crippen LogP contribution in [0.3, 0.4) is 0 Å². The molecular weight excluding hydrogens is 402 g/mol. The molecule has 0 aliphatic carbocycles. The van der Waals surface area contributed by atoms with Gasteiger partial charge in [0, 0.05) is 48.9 Å². The first-order chi connectivity index (χ1) is 14.6. The number of anilines is 3. The number of nitrogens with zero attached hydrogens (tertiary/aromatic N) is 5. The SMILES string of the molecule is CNc1cc(Nc2nccc([C@H]3CCCN(C(=O)c4ccc(Cl)cc4)C3)n2)ncn1. The first-order valence-corrected chi connectivity index (χ1v) is 10.1. The average molecular weight is 424 g/mol. The molecule has 1 amide bonds. The van der Waals surface area contributed by atoms with Gasteiger partial charge in [-0.05, 0) is 43.2 Å². The molecule has 0 bridgehead atoms. The Morgan fingerprint density at radius 1 is 1.13 bits per heavy atom. The first kappa shape index (κ1) is 20.0. The minimum absolute atomic E-state index is 0.0179. The molecule has 0 saturated carbocycles. The van der Waals surface area contributed by atoms with Gasteiger partial charge >= 0.3 is 0 Å². The number of hydrogen-bond donors (Lipinski definition) is 2. The van der Waals surface area contributed by atoms with Crippen LogP contribution in [0.5, 0.6) is 0 Å². The smallest absolute Gasteiger partial charge is 0.253 e. The Morgan fingerprint density at radius 2 is 1.93 bits per heavy atom. The van der Waals surface area contributed by atoms with E-state index in [9.17, 15) is 4.79 Å². The van der Waals surface area contributed by atoms with Crippen molar-refractivity contribution in [2.75, 3.05) is 30.8 Å². The Balaban J connectivity index is 1.47. The predicted molar refractivity (Wildman–Crippen MR) is 116 cm³/mol. The maximum atomic E-state index is 12.9. The fourth-order valence-corrected chi connectivity index (χ4v) is 3.64. The van der Waals surface area contributed by atoms with E-state index in [1.807, 2.05) is 11.0 Å². The van der Waals surface area contributed by atoms with Crippen LogP contribution < -0.4 is 10.6 Å². The second kappa shape index (κ2) is 9.04.